The summed E-state index contributed by atoms with van der Waals surface area (Å²) < 4.78 is 0. The third kappa shape index (κ3) is 5.10. The van der Waals surface area contributed by atoms with Crippen molar-refractivity contribution in [3.05, 3.63) is 180 Å². The Morgan fingerprint density at radius 2 is 1.20 bits per heavy atom. The zero-order valence-electron chi connectivity index (χ0n) is 24.2. The van der Waals surface area contributed by atoms with Crippen LogP contribution in [0.4, 0.5) is 0 Å². The minimum atomic E-state index is -0.256. The van der Waals surface area contributed by atoms with Crippen molar-refractivity contribution in [2.24, 2.45) is 4.99 Å². The van der Waals surface area contributed by atoms with E-state index in [1.165, 1.54) is 32.7 Å². The predicted molar refractivity (Wildman–Crippen MR) is 185 cm³/mol. The molecule has 6 aromatic carbocycles. The summed E-state index contributed by atoms with van der Waals surface area (Å²) >= 11 is 0. The molecule has 2 aliphatic heterocycles. The molecular formula is C41H31N3. The van der Waals surface area contributed by atoms with Crippen molar-refractivity contribution < 1.29 is 0 Å². The van der Waals surface area contributed by atoms with Gasteiger partial charge in [0.25, 0.3) is 0 Å². The SMILES string of the molecule is C1=CCNC(c2cc(-c3ccc4cc5ccccc5cc4c3)cc(C3N=C(c4ccccc4)C=C(c4ccccc4)N3)c2)=C1. The molecule has 0 spiro atoms. The standard InChI is InChI=1S/C41H31N3/c1-3-11-28(12-4-1)39-27-40(29-13-5-2-6-14-29)44-41(43-39)37-25-35(24-36(26-37)38-17-9-10-20-42-38)33-19-18-32-21-30-15-7-8-16-31(30)22-34(32)23-33/h1-19,21-27,41-43H,20H2. The van der Waals surface area contributed by atoms with E-state index < -0.39 is 0 Å². The van der Waals surface area contributed by atoms with Crippen LogP contribution in [0.25, 0.3) is 44.1 Å². The zero-order valence-corrected chi connectivity index (χ0v) is 24.2. The van der Waals surface area contributed by atoms with Crippen molar-refractivity contribution in [3.8, 4) is 11.1 Å². The molecule has 3 nitrogen and oxygen atoms in total. The van der Waals surface area contributed by atoms with Crippen LogP contribution in [0.15, 0.2) is 163 Å². The van der Waals surface area contributed by atoms with Gasteiger partial charge in [-0.3, -0.25) is 4.99 Å². The largest absolute Gasteiger partial charge is 0.381 e. The van der Waals surface area contributed by atoms with E-state index in [-0.39, 0.29) is 6.17 Å². The summed E-state index contributed by atoms with van der Waals surface area (Å²) in [6.07, 6.45) is 8.32. The molecule has 6 aromatic rings. The monoisotopic (exact) mass is 565 g/mol. The van der Waals surface area contributed by atoms with Crippen LogP contribution >= 0.6 is 0 Å². The fourth-order valence-corrected chi connectivity index (χ4v) is 6.15. The van der Waals surface area contributed by atoms with E-state index in [1.54, 1.807) is 0 Å². The molecule has 3 heteroatoms. The Kier molecular flexibility index (Phi) is 6.62. The van der Waals surface area contributed by atoms with Crippen LogP contribution in [0.5, 0.6) is 0 Å². The third-order valence-corrected chi connectivity index (χ3v) is 8.43. The van der Waals surface area contributed by atoms with Crippen molar-refractivity contribution in [3.63, 3.8) is 0 Å². The molecule has 0 radical (unpaired) electrons. The van der Waals surface area contributed by atoms with Crippen LogP contribution in [0, 0.1) is 0 Å². The minimum absolute atomic E-state index is 0.256. The molecule has 0 aliphatic carbocycles. The Bertz CT molecular complexity index is 2140. The first kappa shape index (κ1) is 26.0. The average Bonchev–Trinajstić information content (AvgIpc) is 3.11. The lowest BCUT2D eigenvalue weighted by atomic mass is 9.93. The van der Waals surface area contributed by atoms with Gasteiger partial charge < -0.3 is 10.6 Å². The molecule has 0 bridgehead atoms. The summed E-state index contributed by atoms with van der Waals surface area (Å²) in [5.74, 6) is 0. The highest BCUT2D eigenvalue weighted by Gasteiger charge is 2.21. The fourth-order valence-electron chi connectivity index (χ4n) is 6.15. The van der Waals surface area contributed by atoms with Crippen LogP contribution < -0.4 is 10.6 Å². The van der Waals surface area contributed by atoms with Crippen molar-refractivity contribution in [2.45, 2.75) is 6.17 Å². The lowest BCUT2D eigenvalue weighted by Gasteiger charge is -2.26. The van der Waals surface area contributed by atoms with E-state index in [0.717, 1.165) is 45.9 Å². The van der Waals surface area contributed by atoms with Crippen LogP contribution in [0.1, 0.15) is 28.4 Å². The van der Waals surface area contributed by atoms with Crippen LogP contribution in [0.3, 0.4) is 0 Å². The number of dihydropyridines is 1. The summed E-state index contributed by atoms with van der Waals surface area (Å²) in [4.78, 5) is 5.28. The summed E-state index contributed by atoms with van der Waals surface area (Å²) in [6.45, 7) is 0.813. The van der Waals surface area contributed by atoms with Gasteiger partial charge in [0.2, 0.25) is 0 Å². The average molecular weight is 566 g/mol. The molecule has 8 rings (SSSR count). The Labute approximate surface area is 257 Å². The molecular weight excluding hydrogens is 534 g/mol. The van der Waals surface area contributed by atoms with Crippen LogP contribution in [0.2, 0.25) is 0 Å². The van der Waals surface area contributed by atoms with Crippen LogP contribution in [-0.2, 0) is 0 Å². The number of nitrogens with one attached hydrogen (secondary N) is 2. The Balaban J connectivity index is 1.27. The van der Waals surface area contributed by atoms with Gasteiger partial charge in [0.1, 0.15) is 6.17 Å². The predicted octanol–water partition coefficient (Wildman–Crippen LogP) is 9.29. The number of rotatable bonds is 5. The van der Waals surface area contributed by atoms with E-state index in [0.29, 0.717) is 0 Å². The van der Waals surface area contributed by atoms with E-state index >= 15 is 0 Å². The van der Waals surface area contributed by atoms with Gasteiger partial charge in [-0.1, -0.05) is 109 Å². The first-order valence-corrected chi connectivity index (χ1v) is 15.1. The lowest BCUT2D eigenvalue weighted by molar-refractivity contribution is 0.664. The molecule has 1 atom stereocenters. The van der Waals surface area contributed by atoms with Gasteiger partial charge in [-0.25, -0.2) is 0 Å². The van der Waals surface area contributed by atoms with Crippen molar-refractivity contribution >= 4 is 38.7 Å². The second-order valence-electron chi connectivity index (χ2n) is 11.3. The smallest absolute Gasteiger partial charge is 0.145 e. The maximum absolute atomic E-state index is 5.28. The number of hydrogen-bond acceptors (Lipinski definition) is 3. The number of allylic oxidation sites excluding steroid dienone is 3. The molecule has 0 fully saturated rings. The van der Waals surface area contributed by atoms with Gasteiger partial charge in [-0.05, 0) is 103 Å². The number of hydrogen-bond donors (Lipinski definition) is 2. The number of benzene rings is 6. The summed E-state index contributed by atoms with van der Waals surface area (Å²) in [7, 11) is 0. The molecule has 2 N–H and O–H groups in total. The zero-order chi connectivity index (χ0) is 29.3. The van der Waals surface area contributed by atoms with Gasteiger partial charge in [0, 0.05) is 17.9 Å². The Morgan fingerprint density at radius 3 is 1.95 bits per heavy atom. The second-order valence-corrected chi connectivity index (χ2v) is 11.3. The molecule has 2 heterocycles. The topological polar surface area (TPSA) is 36.4 Å². The molecule has 1 unspecified atom stereocenters. The summed E-state index contributed by atoms with van der Waals surface area (Å²) in [6, 6.07) is 47.8. The van der Waals surface area contributed by atoms with Gasteiger partial charge in [0.05, 0.1) is 5.71 Å². The molecule has 44 heavy (non-hydrogen) atoms. The molecule has 210 valence electrons. The highest BCUT2D eigenvalue weighted by atomic mass is 15.1. The molecule has 0 amide bonds. The maximum Gasteiger partial charge on any atom is 0.145 e. The fraction of sp³-hybridized carbons (Fsp3) is 0.0488. The first-order valence-electron chi connectivity index (χ1n) is 15.1. The molecule has 2 aliphatic rings. The Hall–Kier alpha value is -5.67. The van der Waals surface area contributed by atoms with E-state index in [4.69, 9.17) is 4.99 Å². The second kappa shape index (κ2) is 11.2. The van der Waals surface area contributed by atoms with Gasteiger partial charge in [-0.15, -0.1) is 0 Å². The van der Waals surface area contributed by atoms with Gasteiger partial charge >= 0.3 is 0 Å². The van der Waals surface area contributed by atoms with E-state index in [9.17, 15) is 0 Å². The highest BCUT2D eigenvalue weighted by Crippen LogP contribution is 2.34. The minimum Gasteiger partial charge on any atom is -0.381 e. The third-order valence-electron chi connectivity index (χ3n) is 8.43. The molecule has 0 aromatic heterocycles. The highest BCUT2D eigenvalue weighted by molar-refractivity contribution is 6.13. The summed E-state index contributed by atoms with van der Waals surface area (Å²) in [5, 5.41) is 12.3. The molecule has 0 saturated heterocycles. The van der Waals surface area contributed by atoms with Gasteiger partial charge in [-0.2, -0.15) is 0 Å². The molecule has 0 saturated carbocycles. The summed E-state index contributed by atoms with van der Waals surface area (Å²) in [5.41, 5.74) is 10.0. The lowest BCUT2D eigenvalue weighted by Crippen LogP contribution is -2.25. The van der Waals surface area contributed by atoms with E-state index in [2.05, 4.69) is 162 Å². The van der Waals surface area contributed by atoms with Crippen molar-refractivity contribution in [2.75, 3.05) is 6.54 Å². The number of nitrogens with zero attached hydrogens (tertiary/aromatic N) is 1. The quantitative estimate of drug-likeness (QED) is 0.204. The van der Waals surface area contributed by atoms with Crippen molar-refractivity contribution in [1.82, 2.24) is 10.6 Å². The maximum atomic E-state index is 5.28. The number of aliphatic imine (C=N–C) groups is 1. The number of fused-ring (bicyclic) bond motifs is 2. The van der Waals surface area contributed by atoms with Crippen LogP contribution in [-0.4, -0.2) is 12.3 Å². The van der Waals surface area contributed by atoms with Gasteiger partial charge in [0.15, 0.2) is 0 Å². The first-order chi connectivity index (χ1) is 21.8. The Morgan fingerprint density at radius 1 is 0.523 bits per heavy atom. The van der Waals surface area contributed by atoms with E-state index in [1.807, 2.05) is 6.07 Å². The van der Waals surface area contributed by atoms with Crippen molar-refractivity contribution in [1.29, 1.82) is 0 Å². The normalized spacial score (nSPS) is 16.1.